The highest BCUT2D eigenvalue weighted by atomic mass is 35.5. The van der Waals surface area contributed by atoms with Gasteiger partial charge in [-0.05, 0) is 25.3 Å². The lowest BCUT2D eigenvalue weighted by atomic mass is 10.1. The summed E-state index contributed by atoms with van der Waals surface area (Å²) >= 11 is 5.99. The summed E-state index contributed by atoms with van der Waals surface area (Å²) in [6.07, 6.45) is 2.13. The van der Waals surface area contributed by atoms with Gasteiger partial charge in [-0.2, -0.15) is 0 Å². The van der Waals surface area contributed by atoms with Gasteiger partial charge >= 0.3 is 5.97 Å². The number of anilines is 1. The SMILES string of the molecule is COc1cc(N)c(Cl)cc1C(=O)NC1CCCCN1OC(C)=O.Cl. The van der Waals surface area contributed by atoms with Crippen LogP contribution in [0.4, 0.5) is 5.69 Å². The topological polar surface area (TPSA) is 93.9 Å². The fourth-order valence-corrected chi connectivity index (χ4v) is 2.63. The van der Waals surface area contributed by atoms with Crippen LogP contribution in [-0.4, -0.2) is 36.8 Å². The van der Waals surface area contributed by atoms with Crippen molar-refractivity contribution in [2.45, 2.75) is 32.4 Å². The van der Waals surface area contributed by atoms with E-state index in [1.165, 1.54) is 31.2 Å². The van der Waals surface area contributed by atoms with Crippen molar-refractivity contribution in [1.29, 1.82) is 0 Å². The largest absolute Gasteiger partial charge is 0.496 e. The Morgan fingerprint density at radius 1 is 1.38 bits per heavy atom. The van der Waals surface area contributed by atoms with Crippen LogP contribution in [0.1, 0.15) is 36.5 Å². The second-order valence-electron chi connectivity index (χ2n) is 5.28. The van der Waals surface area contributed by atoms with Gasteiger partial charge in [0.05, 0.1) is 23.4 Å². The Morgan fingerprint density at radius 2 is 2.08 bits per heavy atom. The summed E-state index contributed by atoms with van der Waals surface area (Å²) in [5, 5.41) is 4.61. The van der Waals surface area contributed by atoms with Gasteiger partial charge in [0.1, 0.15) is 11.9 Å². The quantitative estimate of drug-likeness (QED) is 0.782. The Morgan fingerprint density at radius 3 is 2.71 bits per heavy atom. The van der Waals surface area contributed by atoms with Crippen molar-refractivity contribution in [3.63, 3.8) is 0 Å². The molecule has 3 N–H and O–H groups in total. The number of hydroxylamine groups is 2. The Hall–Kier alpha value is -1.70. The van der Waals surface area contributed by atoms with E-state index in [0.717, 1.165) is 12.8 Å². The molecule has 1 saturated heterocycles. The van der Waals surface area contributed by atoms with Gasteiger partial charge in [-0.1, -0.05) is 11.6 Å². The lowest BCUT2D eigenvalue weighted by Crippen LogP contribution is -2.51. The zero-order valence-corrected chi connectivity index (χ0v) is 15.1. The van der Waals surface area contributed by atoms with Crippen LogP contribution >= 0.6 is 24.0 Å². The number of benzene rings is 1. The molecule has 1 heterocycles. The average Bonchev–Trinajstić information content (AvgIpc) is 2.50. The summed E-state index contributed by atoms with van der Waals surface area (Å²) < 4.78 is 5.18. The van der Waals surface area contributed by atoms with E-state index >= 15 is 0 Å². The maximum Gasteiger partial charge on any atom is 0.322 e. The Bertz CT molecular complexity index is 613. The normalized spacial score (nSPS) is 17.5. The number of nitrogen functional groups attached to an aromatic ring is 1. The first kappa shape index (κ1) is 20.3. The highest BCUT2D eigenvalue weighted by molar-refractivity contribution is 6.33. The van der Waals surface area contributed by atoms with Crippen LogP contribution in [0.3, 0.4) is 0 Å². The van der Waals surface area contributed by atoms with Crippen LogP contribution < -0.4 is 15.8 Å². The fraction of sp³-hybridized carbons (Fsp3) is 0.467. The maximum absolute atomic E-state index is 12.5. The molecule has 0 saturated carbocycles. The van der Waals surface area contributed by atoms with Gasteiger partial charge in [-0.15, -0.1) is 17.5 Å². The molecule has 1 fully saturated rings. The van der Waals surface area contributed by atoms with Crippen molar-refractivity contribution < 1.29 is 19.2 Å². The van der Waals surface area contributed by atoms with E-state index in [1.54, 1.807) is 0 Å². The summed E-state index contributed by atoms with van der Waals surface area (Å²) in [5.74, 6) is -0.452. The summed E-state index contributed by atoms with van der Waals surface area (Å²) in [6.45, 7) is 1.90. The molecule has 0 spiro atoms. The molecule has 0 aliphatic carbocycles. The molecule has 0 radical (unpaired) electrons. The molecule has 1 aromatic rings. The highest BCUT2D eigenvalue weighted by Gasteiger charge is 2.28. The van der Waals surface area contributed by atoms with Gasteiger partial charge in [0.2, 0.25) is 0 Å². The molecule has 1 amide bonds. The highest BCUT2D eigenvalue weighted by Crippen LogP contribution is 2.29. The van der Waals surface area contributed by atoms with Crippen LogP contribution in [0.25, 0.3) is 0 Å². The van der Waals surface area contributed by atoms with E-state index in [0.29, 0.717) is 24.4 Å². The maximum atomic E-state index is 12.5. The van der Waals surface area contributed by atoms with Crippen molar-refractivity contribution in [2.24, 2.45) is 0 Å². The third-order valence-electron chi connectivity index (χ3n) is 3.56. The third kappa shape index (κ3) is 4.90. The van der Waals surface area contributed by atoms with Crippen LogP contribution in [0.5, 0.6) is 5.75 Å². The van der Waals surface area contributed by atoms with Crippen molar-refractivity contribution >= 4 is 41.6 Å². The predicted octanol–water partition coefficient (Wildman–Crippen LogP) is 2.37. The number of carbonyl (C=O) groups excluding carboxylic acids is 2. The Labute approximate surface area is 151 Å². The molecule has 0 aromatic heterocycles. The summed E-state index contributed by atoms with van der Waals surface area (Å²) in [5.41, 5.74) is 6.33. The van der Waals surface area contributed by atoms with E-state index < -0.39 is 5.97 Å². The van der Waals surface area contributed by atoms with E-state index in [4.69, 9.17) is 26.9 Å². The average molecular weight is 378 g/mol. The van der Waals surface area contributed by atoms with Crippen LogP contribution in [-0.2, 0) is 9.63 Å². The van der Waals surface area contributed by atoms with Crippen LogP contribution in [0.15, 0.2) is 12.1 Å². The molecule has 2 rings (SSSR count). The standard InChI is InChI=1S/C15H20ClN3O4.ClH/c1-9(20)23-19-6-4-3-5-14(19)18-15(21)10-7-11(16)12(17)8-13(10)22-2;/h7-8,14H,3-6,17H2,1-2H3,(H,18,21);1H. The zero-order valence-electron chi connectivity index (χ0n) is 13.5. The van der Waals surface area contributed by atoms with Crippen LogP contribution in [0.2, 0.25) is 5.02 Å². The first-order valence-corrected chi connectivity index (χ1v) is 7.69. The molecule has 1 unspecified atom stereocenters. The molecule has 1 aliphatic heterocycles. The molecule has 0 bridgehead atoms. The van der Waals surface area contributed by atoms with Gasteiger partial charge in [-0.25, -0.2) is 0 Å². The summed E-state index contributed by atoms with van der Waals surface area (Å²) in [6, 6.07) is 2.96. The zero-order chi connectivity index (χ0) is 17.0. The second-order valence-corrected chi connectivity index (χ2v) is 5.69. The number of amides is 1. The number of hydrogen-bond acceptors (Lipinski definition) is 6. The number of nitrogens with zero attached hydrogens (tertiary/aromatic N) is 1. The Balaban J connectivity index is 0.00000288. The second kappa shape index (κ2) is 8.96. The molecule has 1 aliphatic rings. The number of halogens is 2. The van der Waals surface area contributed by atoms with E-state index in [-0.39, 0.29) is 35.1 Å². The fourth-order valence-electron chi connectivity index (χ4n) is 2.47. The molecule has 1 aromatic carbocycles. The molecule has 7 nitrogen and oxygen atoms in total. The van der Waals surface area contributed by atoms with Gasteiger partial charge in [0, 0.05) is 19.5 Å². The molecular weight excluding hydrogens is 357 g/mol. The number of ether oxygens (including phenoxy) is 1. The van der Waals surface area contributed by atoms with Gasteiger partial charge < -0.3 is 20.6 Å². The smallest absolute Gasteiger partial charge is 0.322 e. The molecular formula is C15H21Cl2N3O4. The summed E-state index contributed by atoms with van der Waals surface area (Å²) in [4.78, 5) is 28.8. The van der Waals surface area contributed by atoms with E-state index in [9.17, 15) is 9.59 Å². The number of piperidine rings is 1. The minimum atomic E-state index is -0.417. The molecule has 134 valence electrons. The summed E-state index contributed by atoms with van der Waals surface area (Å²) in [7, 11) is 1.45. The Kier molecular flexibility index (Phi) is 7.59. The predicted molar refractivity (Wildman–Crippen MR) is 93.2 cm³/mol. The number of hydrogen-bond donors (Lipinski definition) is 2. The number of nitrogens with two attached hydrogens (primary N) is 1. The van der Waals surface area contributed by atoms with Gasteiger partial charge in [0.15, 0.2) is 0 Å². The van der Waals surface area contributed by atoms with Gasteiger partial charge in [-0.3, -0.25) is 9.59 Å². The van der Waals surface area contributed by atoms with E-state index in [2.05, 4.69) is 5.32 Å². The number of carbonyl (C=O) groups is 2. The van der Waals surface area contributed by atoms with Gasteiger partial charge in [0.25, 0.3) is 5.91 Å². The molecule has 9 heteroatoms. The number of methoxy groups -OCH3 is 1. The van der Waals surface area contributed by atoms with E-state index in [1.807, 2.05) is 0 Å². The van der Waals surface area contributed by atoms with Crippen molar-refractivity contribution in [1.82, 2.24) is 10.4 Å². The number of nitrogens with one attached hydrogen (secondary N) is 1. The third-order valence-corrected chi connectivity index (χ3v) is 3.89. The lowest BCUT2D eigenvalue weighted by molar-refractivity contribution is -0.207. The monoisotopic (exact) mass is 377 g/mol. The van der Waals surface area contributed by atoms with Crippen molar-refractivity contribution in [2.75, 3.05) is 19.4 Å². The van der Waals surface area contributed by atoms with Crippen LogP contribution in [0, 0.1) is 0 Å². The first-order valence-electron chi connectivity index (χ1n) is 7.31. The minimum absolute atomic E-state index is 0. The van der Waals surface area contributed by atoms with Crippen molar-refractivity contribution in [3.05, 3.63) is 22.7 Å². The number of rotatable bonds is 4. The molecule has 24 heavy (non-hydrogen) atoms. The first-order chi connectivity index (χ1) is 10.9. The molecule has 1 atom stereocenters. The minimum Gasteiger partial charge on any atom is -0.496 e. The van der Waals surface area contributed by atoms with Crippen molar-refractivity contribution in [3.8, 4) is 5.75 Å². The lowest BCUT2D eigenvalue weighted by Gasteiger charge is -2.33.